The van der Waals surface area contributed by atoms with Crippen LogP contribution in [0.4, 0.5) is 5.95 Å². The van der Waals surface area contributed by atoms with Gasteiger partial charge in [0.1, 0.15) is 11.3 Å². The molecule has 1 aromatic rings. The molecule has 0 atom stereocenters. The third kappa shape index (κ3) is 3.13. The van der Waals surface area contributed by atoms with Gasteiger partial charge in [-0.1, -0.05) is 11.6 Å². The van der Waals surface area contributed by atoms with E-state index in [1.807, 2.05) is 7.05 Å². The number of rotatable bonds is 4. The predicted molar refractivity (Wildman–Crippen MR) is 76.6 cm³/mol. The summed E-state index contributed by atoms with van der Waals surface area (Å²) < 4.78 is 11.2. The van der Waals surface area contributed by atoms with Gasteiger partial charge in [0.15, 0.2) is 0 Å². The van der Waals surface area contributed by atoms with Crippen molar-refractivity contribution in [1.82, 2.24) is 15.3 Å². The lowest BCUT2D eigenvalue weighted by Gasteiger charge is -2.34. The van der Waals surface area contributed by atoms with E-state index in [1.54, 1.807) is 6.07 Å². The molecule has 2 aliphatic rings. The second kappa shape index (κ2) is 6.11. The van der Waals surface area contributed by atoms with Crippen LogP contribution in [-0.2, 0) is 4.74 Å². The average molecular weight is 299 g/mol. The van der Waals surface area contributed by atoms with Gasteiger partial charge in [-0.25, -0.2) is 4.98 Å². The zero-order valence-electron chi connectivity index (χ0n) is 11.5. The topological polar surface area (TPSA) is 59.5 Å². The summed E-state index contributed by atoms with van der Waals surface area (Å²) in [4.78, 5) is 10.8. The van der Waals surface area contributed by atoms with E-state index in [0.717, 1.165) is 25.9 Å². The first-order chi connectivity index (χ1) is 9.74. The molecule has 0 amide bonds. The van der Waals surface area contributed by atoms with E-state index in [-0.39, 0.29) is 6.10 Å². The normalized spacial score (nSPS) is 26.2. The molecule has 0 aromatic carbocycles. The van der Waals surface area contributed by atoms with Crippen molar-refractivity contribution >= 4 is 17.5 Å². The Morgan fingerprint density at radius 2 is 2.10 bits per heavy atom. The van der Waals surface area contributed by atoms with Gasteiger partial charge in [-0.15, -0.1) is 0 Å². The van der Waals surface area contributed by atoms with Crippen molar-refractivity contribution in [2.24, 2.45) is 0 Å². The van der Waals surface area contributed by atoms with Crippen LogP contribution in [0.3, 0.4) is 0 Å². The van der Waals surface area contributed by atoms with Crippen LogP contribution in [0.1, 0.15) is 12.8 Å². The number of nitrogens with one attached hydrogen (secondary N) is 1. The Morgan fingerprint density at radius 3 is 2.80 bits per heavy atom. The van der Waals surface area contributed by atoms with Gasteiger partial charge < -0.3 is 19.7 Å². The summed E-state index contributed by atoms with van der Waals surface area (Å²) in [6, 6.07) is 2.23. The quantitative estimate of drug-likeness (QED) is 0.840. The van der Waals surface area contributed by atoms with E-state index < -0.39 is 0 Å². The summed E-state index contributed by atoms with van der Waals surface area (Å²) in [5.41, 5.74) is 0. The summed E-state index contributed by atoms with van der Waals surface area (Å²) in [5.74, 6) is 1.19. The highest BCUT2D eigenvalue weighted by molar-refractivity contribution is 6.29. The summed E-state index contributed by atoms with van der Waals surface area (Å²) >= 11 is 6.07. The lowest BCUT2D eigenvalue weighted by atomic mass is 9.89. The van der Waals surface area contributed by atoms with E-state index in [1.165, 1.54) is 0 Å². The third-order valence-electron chi connectivity index (χ3n) is 3.74. The van der Waals surface area contributed by atoms with Gasteiger partial charge in [0.2, 0.25) is 11.8 Å². The van der Waals surface area contributed by atoms with Crippen molar-refractivity contribution in [3.8, 4) is 5.88 Å². The first-order valence-corrected chi connectivity index (χ1v) is 7.33. The molecule has 1 saturated heterocycles. The Bertz CT molecular complexity index is 462. The maximum absolute atomic E-state index is 6.07. The average Bonchev–Trinajstić information content (AvgIpc) is 2.43. The Kier molecular flexibility index (Phi) is 4.24. The minimum absolute atomic E-state index is 0.218. The van der Waals surface area contributed by atoms with Crippen molar-refractivity contribution in [2.75, 3.05) is 38.3 Å². The van der Waals surface area contributed by atoms with Gasteiger partial charge in [-0.3, -0.25) is 0 Å². The summed E-state index contributed by atoms with van der Waals surface area (Å²) in [6.07, 6.45) is 2.23. The minimum Gasteiger partial charge on any atom is -0.474 e. The minimum atomic E-state index is 0.218. The molecule has 0 bridgehead atoms. The van der Waals surface area contributed by atoms with Crippen LogP contribution in [0, 0.1) is 0 Å². The van der Waals surface area contributed by atoms with E-state index in [4.69, 9.17) is 21.1 Å². The van der Waals surface area contributed by atoms with Crippen molar-refractivity contribution in [2.45, 2.75) is 25.0 Å². The number of halogens is 1. The largest absolute Gasteiger partial charge is 0.474 e. The van der Waals surface area contributed by atoms with Gasteiger partial charge in [-0.05, 0) is 19.9 Å². The zero-order valence-corrected chi connectivity index (χ0v) is 12.3. The van der Waals surface area contributed by atoms with Crippen molar-refractivity contribution in [3.05, 3.63) is 11.2 Å². The van der Waals surface area contributed by atoms with E-state index >= 15 is 0 Å². The van der Waals surface area contributed by atoms with Crippen LogP contribution >= 0.6 is 11.6 Å². The summed E-state index contributed by atoms with van der Waals surface area (Å²) in [7, 11) is 1.97. The van der Waals surface area contributed by atoms with Gasteiger partial charge in [0.05, 0.1) is 13.2 Å². The molecule has 0 radical (unpaired) electrons. The Balaban J connectivity index is 1.67. The van der Waals surface area contributed by atoms with Crippen molar-refractivity contribution in [1.29, 1.82) is 0 Å². The number of hydrogen-bond acceptors (Lipinski definition) is 6. The van der Waals surface area contributed by atoms with Gasteiger partial charge in [0.25, 0.3) is 0 Å². The number of aromatic nitrogens is 2. The lowest BCUT2D eigenvalue weighted by molar-refractivity contribution is 0.0836. The van der Waals surface area contributed by atoms with Crippen LogP contribution in [0.5, 0.6) is 5.88 Å². The van der Waals surface area contributed by atoms with Gasteiger partial charge in [-0.2, -0.15) is 4.98 Å². The molecule has 2 heterocycles. The van der Waals surface area contributed by atoms with Crippen LogP contribution in [-0.4, -0.2) is 55.5 Å². The number of anilines is 1. The Labute approximate surface area is 123 Å². The van der Waals surface area contributed by atoms with E-state index in [9.17, 15) is 0 Å². The third-order valence-corrected chi connectivity index (χ3v) is 3.94. The molecular weight excluding hydrogens is 280 g/mol. The molecule has 1 aliphatic carbocycles. The van der Waals surface area contributed by atoms with Gasteiger partial charge >= 0.3 is 0 Å². The molecule has 0 unspecified atom stereocenters. The molecule has 1 saturated carbocycles. The lowest BCUT2D eigenvalue weighted by Crippen LogP contribution is -2.45. The smallest absolute Gasteiger partial charge is 0.230 e. The number of hydrogen-bond donors (Lipinski definition) is 1. The molecular formula is C13H19ClN4O2. The zero-order chi connectivity index (χ0) is 13.9. The molecule has 2 fully saturated rings. The molecule has 1 N–H and O–H groups in total. The molecule has 0 spiro atoms. The number of nitrogens with zero attached hydrogens (tertiary/aromatic N) is 3. The van der Waals surface area contributed by atoms with E-state index in [2.05, 4.69) is 20.2 Å². The van der Waals surface area contributed by atoms with Gasteiger partial charge in [0, 0.05) is 25.2 Å². The summed E-state index contributed by atoms with van der Waals surface area (Å²) in [5, 5.41) is 3.65. The number of morpholine rings is 1. The fourth-order valence-corrected chi connectivity index (χ4v) is 2.59. The highest BCUT2D eigenvalue weighted by atomic mass is 35.5. The van der Waals surface area contributed by atoms with Crippen LogP contribution in [0.15, 0.2) is 6.07 Å². The molecule has 20 heavy (non-hydrogen) atoms. The molecule has 6 nitrogen and oxygen atoms in total. The summed E-state index contributed by atoms with van der Waals surface area (Å²) in [6.45, 7) is 2.95. The highest BCUT2D eigenvalue weighted by Crippen LogP contribution is 2.27. The fourth-order valence-electron chi connectivity index (χ4n) is 2.42. The second-order valence-electron chi connectivity index (χ2n) is 5.13. The molecule has 1 aliphatic heterocycles. The molecule has 7 heteroatoms. The number of ether oxygens (including phenoxy) is 2. The fraction of sp³-hybridized carbons (Fsp3) is 0.692. The second-order valence-corrected chi connectivity index (χ2v) is 5.51. The maximum atomic E-state index is 6.07. The monoisotopic (exact) mass is 298 g/mol. The predicted octanol–water partition coefficient (Wildman–Crippen LogP) is 1.10. The molecule has 1 aromatic heterocycles. The van der Waals surface area contributed by atoms with Crippen molar-refractivity contribution < 1.29 is 9.47 Å². The van der Waals surface area contributed by atoms with Crippen molar-refractivity contribution in [3.63, 3.8) is 0 Å². The Hall–Kier alpha value is -1.11. The van der Waals surface area contributed by atoms with E-state index in [0.29, 0.717) is 36.2 Å². The van der Waals surface area contributed by atoms with Crippen LogP contribution in [0.2, 0.25) is 5.15 Å². The van der Waals surface area contributed by atoms with Crippen LogP contribution < -0.4 is 15.0 Å². The standard InChI is InChI=1S/C13H19ClN4O2/c1-15-9-6-10(7-9)20-12-8-11(14)16-13(17-12)18-2-4-19-5-3-18/h8-10,15H,2-7H2,1H3. The van der Waals surface area contributed by atoms with Crippen LogP contribution in [0.25, 0.3) is 0 Å². The molecule has 3 rings (SSSR count). The Morgan fingerprint density at radius 1 is 1.35 bits per heavy atom. The first-order valence-electron chi connectivity index (χ1n) is 6.96. The maximum Gasteiger partial charge on any atom is 0.230 e. The highest BCUT2D eigenvalue weighted by Gasteiger charge is 2.30. The SMILES string of the molecule is CNC1CC(Oc2cc(Cl)nc(N3CCOCC3)n2)C1. The first kappa shape index (κ1) is 13.9. The molecule has 110 valence electrons.